The number of aliphatic hydroxyl groups excluding tert-OH is 1. The lowest BCUT2D eigenvalue weighted by Gasteiger charge is -2.41. The van der Waals surface area contributed by atoms with Crippen molar-refractivity contribution >= 4 is 5.91 Å². The van der Waals surface area contributed by atoms with Gasteiger partial charge in [-0.3, -0.25) is 4.79 Å². The molecule has 2 N–H and O–H groups in total. The summed E-state index contributed by atoms with van der Waals surface area (Å²) >= 11 is 0. The highest BCUT2D eigenvalue weighted by atomic mass is 19.1. The van der Waals surface area contributed by atoms with Gasteiger partial charge in [0.05, 0.1) is 18.1 Å². The molecule has 0 heterocycles. The first-order valence-corrected chi connectivity index (χ1v) is 6.90. The van der Waals surface area contributed by atoms with Crippen molar-refractivity contribution < 1.29 is 23.4 Å². The number of carbonyl (C=O) groups is 1. The van der Waals surface area contributed by atoms with Gasteiger partial charge in [-0.1, -0.05) is 12.5 Å². The number of hydrogen-bond acceptors (Lipinski definition) is 3. The Morgan fingerprint density at radius 2 is 2.19 bits per heavy atom. The van der Waals surface area contributed by atoms with Crippen LogP contribution in [0.15, 0.2) is 18.2 Å². The molecular weight excluding hydrogens is 280 g/mol. The number of benzene rings is 1. The molecule has 2 rings (SSSR count). The summed E-state index contributed by atoms with van der Waals surface area (Å²) in [4.78, 5) is 12.4. The zero-order valence-electron chi connectivity index (χ0n) is 11.9. The van der Waals surface area contributed by atoms with E-state index in [-0.39, 0.29) is 24.6 Å². The number of amides is 1. The summed E-state index contributed by atoms with van der Waals surface area (Å²) < 4.78 is 31.7. The van der Waals surface area contributed by atoms with Crippen LogP contribution in [0.4, 0.5) is 8.78 Å². The summed E-state index contributed by atoms with van der Waals surface area (Å²) in [6.45, 7) is 0.148. The molecule has 1 aliphatic carbocycles. The Bertz CT molecular complexity index is 518. The van der Waals surface area contributed by atoms with Crippen molar-refractivity contribution in [3.05, 3.63) is 35.4 Å². The fourth-order valence-corrected chi connectivity index (χ4v) is 2.66. The molecule has 0 bridgehead atoms. The molecule has 21 heavy (non-hydrogen) atoms. The lowest BCUT2D eigenvalue weighted by atomic mass is 9.63. The summed E-state index contributed by atoms with van der Waals surface area (Å²) in [6.07, 6.45) is 1.03. The predicted molar refractivity (Wildman–Crippen MR) is 72.8 cm³/mol. The zero-order valence-corrected chi connectivity index (χ0v) is 11.9. The van der Waals surface area contributed by atoms with E-state index in [1.807, 2.05) is 0 Å². The predicted octanol–water partition coefficient (Wildman–Crippen LogP) is 1.51. The molecule has 1 unspecified atom stereocenters. The molecule has 116 valence electrons. The Hall–Kier alpha value is -1.53. The van der Waals surface area contributed by atoms with Gasteiger partial charge in [0.15, 0.2) is 0 Å². The molecule has 1 aromatic rings. The van der Waals surface area contributed by atoms with Gasteiger partial charge in [0.1, 0.15) is 11.6 Å². The first-order valence-electron chi connectivity index (χ1n) is 6.90. The number of hydrogen-bond donors (Lipinski definition) is 2. The topological polar surface area (TPSA) is 58.6 Å². The van der Waals surface area contributed by atoms with Crippen LogP contribution in [-0.4, -0.2) is 37.4 Å². The van der Waals surface area contributed by atoms with E-state index >= 15 is 0 Å². The third kappa shape index (κ3) is 3.22. The van der Waals surface area contributed by atoms with Crippen molar-refractivity contribution in [3.8, 4) is 0 Å². The van der Waals surface area contributed by atoms with Gasteiger partial charge < -0.3 is 15.2 Å². The lowest BCUT2D eigenvalue weighted by molar-refractivity contribution is -0.130. The minimum absolute atomic E-state index is 0.0389. The molecule has 1 atom stereocenters. The van der Waals surface area contributed by atoms with Gasteiger partial charge in [-0.25, -0.2) is 8.78 Å². The quantitative estimate of drug-likeness (QED) is 0.837. The normalized spacial score (nSPS) is 17.9. The molecule has 1 aromatic carbocycles. The molecule has 1 saturated carbocycles. The Labute approximate surface area is 122 Å². The molecule has 0 aliphatic heterocycles. The zero-order chi connectivity index (χ0) is 15.5. The maximum absolute atomic E-state index is 14.0. The molecule has 0 spiro atoms. The Morgan fingerprint density at radius 3 is 2.71 bits per heavy atom. The Balaban J connectivity index is 2.12. The second-order valence-electron chi connectivity index (χ2n) is 5.38. The summed E-state index contributed by atoms with van der Waals surface area (Å²) in [5, 5.41) is 12.2. The Kier molecular flexibility index (Phi) is 4.90. The van der Waals surface area contributed by atoms with Gasteiger partial charge in [-0.15, -0.1) is 0 Å². The van der Waals surface area contributed by atoms with E-state index in [4.69, 9.17) is 4.74 Å². The van der Waals surface area contributed by atoms with Crippen molar-refractivity contribution in [3.63, 3.8) is 0 Å². The molecule has 1 amide bonds. The average molecular weight is 299 g/mol. The van der Waals surface area contributed by atoms with Crippen LogP contribution in [0.2, 0.25) is 0 Å². The molecule has 0 saturated heterocycles. The fraction of sp³-hybridized carbons (Fsp3) is 0.533. The maximum Gasteiger partial charge on any atom is 0.230 e. The van der Waals surface area contributed by atoms with Crippen LogP contribution in [0.3, 0.4) is 0 Å². The molecular formula is C15H19F2NO3. The van der Waals surface area contributed by atoms with Gasteiger partial charge in [0, 0.05) is 25.3 Å². The number of halogens is 2. The third-order valence-corrected chi connectivity index (χ3v) is 3.95. The van der Waals surface area contributed by atoms with Gasteiger partial charge in [-0.05, 0) is 18.9 Å². The number of carbonyl (C=O) groups excluding carboxylic acids is 1. The van der Waals surface area contributed by atoms with E-state index in [0.29, 0.717) is 12.8 Å². The third-order valence-electron chi connectivity index (χ3n) is 3.95. The lowest BCUT2D eigenvalue weighted by Crippen LogP contribution is -2.51. The monoisotopic (exact) mass is 299 g/mol. The highest BCUT2D eigenvalue weighted by Crippen LogP contribution is 2.45. The first-order chi connectivity index (χ1) is 9.99. The molecule has 4 nitrogen and oxygen atoms in total. The second kappa shape index (κ2) is 6.49. The number of rotatable bonds is 6. The van der Waals surface area contributed by atoms with Gasteiger partial charge in [-0.2, -0.15) is 0 Å². The summed E-state index contributed by atoms with van der Waals surface area (Å²) in [5.74, 6) is -1.71. The van der Waals surface area contributed by atoms with E-state index < -0.39 is 23.2 Å². The van der Waals surface area contributed by atoms with Crippen molar-refractivity contribution in [1.29, 1.82) is 0 Å². The molecule has 0 radical (unpaired) electrons. The van der Waals surface area contributed by atoms with Gasteiger partial charge >= 0.3 is 0 Å². The van der Waals surface area contributed by atoms with E-state index in [0.717, 1.165) is 18.6 Å². The maximum atomic E-state index is 14.0. The first kappa shape index (κ1) is 15.9. The van der Waals surface area contributed by atoms with Crippen LogP contribution in [-0.2, 0) is 14.9 Å². The van der Waals surface area contributed by atoms with E-state index in [2.05, 4.69) is 5.32 Å². The Morgan fingerprint density at radius 1 is 1.48 bits per heavy atom. The number of methoxy groups -OCH3 is 1. The largest absolute Gasteiger partial charge is 0.389 e. The molecule has 1 aliphatic rings. The van der Waals surface area contributed by atoms with Gasteiger partial charge in [0.25, 0.3) is 0 Å². The number of aliphatic hydroxyl groups is 1. The van der Waals surface area contributed by atoms with E-state index in [9.17, 15) is 18.7 Å². The van der Waals surface area contributed by atoms with Crippen molar-refractivity contribution in [2.45, 2.75) is 30.8 Å². The number of nitrogens with one attached hydrogen (secondary N) is 1. The van der Waals surface area contributed by atoms with Crippen molar-refractivity contribution in [2.75, 3.05) is 20.3 Å². The van der Waals surface area contributed by atoms with Crippen LogP contribution in [0, 0.1) is 11.6 Å². The summed E-state index contributed by atoms with van der Waals surface area (Å²) in [6, 6.07) is 3.28. The van der Waals surface area contributed by atoms with Crippen molar-refractivity contribution in [1.82, 2.24) is 5.32 Å². The standard InChI is InChI=1S/C15H19F2NO3/c1-21-9-11(19)8-18-14(20)15(5-2-6-15)12-4-3-10(16)7-13(12)17/h3-4,7,11,19H,2,5-6,8-9H2,1H3,(H,18,20). The minimum Gasteiger partial charge on any atom is -0.389 e. The number of ether oxygens (including phenoxy) is 1. The van der Waals surface area contributed by atoms with Crippen LogP contribution in [0.5, 0.6) is 0 Å². The highest BCUT2D eigenvalue weighted by Gasteiger charge is 2.47. The molecule has 0 aromatic heterocycles. The highest BCUT2D eigenvalue weighted by molar-refractivity contribution is 5.89. The van der Waals surface area contributed by atoms with E-state index in [1.165, 1.54) is 13.2 Å². The van der Waals surface area contributed by atoms with Crippen LogP contribution in [0.1, 0.15) is 24.8 Å². The minimum atomic E-state index is -0.954. The second-order valence-corrected chi connectivity index (χ2v) is 5.38. The SMILES string of the molecule is COCC(O)CNC(=O)C1(c2ccc(F)cc2F)CCC1. The van der Waals surface area contributed by atoms with E-state index in [1.54, 1.807) is 0 Å². The molecule has 1 fully saturated rings. The molecule has 6 heteroatoms. The van der Waals surface area contributed by atoms with Gasteiger partial charge in [0.2, 0.25) is 5.91 Å². The summed E-state index contributed by atoms with van der Waals surface area (Å²) in [7, 11) is 1.45. The fourth-order valence-electron chi connectivity index (χ4n) is 2.66. The van der Waals surface area contributed by atoms with Crippen molar-refractivity contribution in [2.24, 2.45) is 0 Å². The summed E-state index contributed by atoms with van der Waals surface area (Å²) in [5.41, 5.74) is -0.737. The van der Waals surface area contributed by atoms with Crippen LogP contribution in [0.25, 0.3) is 0 Å². The average Bonchev–Trinajstić information content (AvgIpc) is 2.38. The van der Waals surface area contributed by atoms with Crippen LogP contribution >= 0.6 is 0 Å². The smallest absolute Gasteiger partial charge is 0.230 e. The van der Waals surface area contributed by atoms with Crippen LogP contribution < -0.4 is 5.32 Å².